The van der Waals surface area contributed by atoms with Crippen molar-refractivity contribution in [3.05, 3.63) is 77.4 Å². The van der Waals surface area contributed by atoms with Crippen molar-refractivity contribution in [1.29, 1.82) is 0 Å². The number of amidine groups is 1. The van der Waals surface area contributed by atoms with E-state index in [0.717, 1.165) is 28.6 Å². The Hall–Kier alpha value is -3.18. The molecule has 0 atom stereocenters. The maximum atomic E-state index is 13.1. The summed E-state index contributed by atoms with van der Waals surface area (Å²) in [5.74, 6) is 2.03. The highest BCUT2D eigenvalue weighted by Crippen LogP contribution is 2.25. The average Bonchev–Trinajstić information content (AvgIpc) is 3.23. The van der Waals surface area contributed by atoms with Crippen molar-refractivity contribution in [2.45, 2.75) is 6.92 Å². The van der Waals surface area contributed by atoms with Gasteiger partial charge in [-0.25, -0.2) is 4.99 Å². The zero-order chi connectivity index (χ0) is 19.7. The number of aliphatic imine (C=N–C) groups is 1. The summed E-state index contributed by atoms with van der Waals surface area (Å²) in [6, 6.07) is 18.1. The Labute approximate surface area is 164 Å². The second-order valence-corrected chi connectivity index (χ2v) is 7.24. The molecule has 0 bridgehead atoms. The molecule has 2 heterocycles. The molecular weight excluding hydrogens is 350 g/mol. The van der Waals surface area contributed by atoms with Gasteiger partial charge in [0.1, 0.15) is 23.1 Å². The van der Waals surface area contributed by atoms with Crippen LogP contribution in [0.15, 0.2) is 69.7 Å². The molecule has 1 aromatic heterocycles. The van der Waals surface area contributed by atoms with Crippen LogP contribution in [-0.4, -0.2) is 48.7 Å². The first-order valence-electron chi connectivity index (χ1n) is 9.34. The van der Waals surface area contributed by atoms with Crippen molar-refractivity contribution in [3.63, 3.8) is 0 Å². The number of carbonyl (C=O) groups is 1. The molecule has 4 rings (SSSR count). The molecule has 0 fully saturated rings. The minimum atomic E-state index is -0.0981. The third kappa shape index (κ3) is 3.62. The molecular formula is C23H23N3O2. The normalized spacial score (nSPS) is 15.9. The van der Waals surface area contributed by atoms with Crippen LogP contribution in [0.4, 0.5) is 0 Å². The summed E-state index contributed by atoms with van der Waals surface area (Å²) in [6.07, 6.45) is 1.71. The zero-order valence-electron chi connectivity index (χ0n) is 16.3. The molecule has 1 amide bonds. The summed E-state index contributed by atoms with van der Waals surface area (Å²) < 4.78 is 5.60. The van der Waals surface area contributed by atoms with Crippen molar-refractivity contribution in [2.75, 3.05) is 27.2 Å². The number of benzene rings is 2. The van der Waals surface area contributed by atoms with E-state index < -0.39 is 0 Å². The third-order valence-corrected chi connectivity index (χ3v) is 4.76. The number of likely N-dealkylation sites (N-methyl/N-ethyl adjacent to an activating group) is 1. The molecule has 0 saturated carbocycles. The van der Waals surface area contributed by atoms with Gasteiger partial charge in [-0.3, -0.25) is 9.69 Å². The molecule has 0 aliphatic carbocycles. The largest absolute Gasteiger partial charge is 0.462 e. The number of hydrogen-bond donors (Lipinski definition) is 0. The molecule has 0 spiro atoms. The van der Waals surface area contributed by atoms with Gasteiger partial charge in [-0.05, 0) is 50.0 Å². The Morgan fingerprint density at radius 3 is 2.57 bits per heavy atom. The van der Waals surface area contributed by atoms with E-state index in [0.29, 0.717) is 23.8 Å². The fourth-order valence-electron chi connectivity index (χ4n) is 3.27. The van der Waals surface area contributed by atoms with Crippen molar-refractivity contribution in [3.8, 4) is 0 Å². The Kier molecular flexibility index (Phi) is 4.84. The summed E-state index contributed by atoms with van der Waals surface area (Å²) in [5, 5.41) is 2.29. The number of aryl methyl sites for hydroxylation is 1. The van der Waals surface area contributed by atoms with E-state index in [1.54, 1.807) is 11.0 Å². The molecule has 0 unspecified atom stereocenters. The van der Waals surface area contributed by atoms with Crippen molar-refractivity contribution in [2.24, 2.45) is 4.99 Å². The van der Waals surface area contributed by atoms with E-state index in [1.807, 2.05) is 51.4 Å². The summed E-state index contributed by atoms with van der Waals surface area (Å²) in [5.41, 5.74) is 1.33. The van der Waals surface area contributed by atoms with Crippen LogP contribution in [0.3, 0.4) is 0 Å². The molecule has 0 radical (unpaired) electrons. The van der Waals surface area contributed by atoms with Crippen LogP contribution >= 0.6 is 0 Å². The summed E-state index contributed by atoms with van der Waals surface area (Å²) in [4.78, 5) is 21.6. The maximum Gasteiger partial charge on any atom is 0.278 e. The van der Waals surface area contributed by atoms with E-state index in [2.05, 4.69) is 34.2 Å². The summed E-state index contributed by atoms with van der Waals surface area (Å²) >= 11 is 0. The quantitative estimate of drug-likeness (QED) is 0.637. The monoisotopic (exact) mass is 373 g/mol. The van der Waals surface area contributed by atoms with Gasteiger partial charge >= 0.3 is 0 Å². The van der Waals surface area contributed by atoms with E-state index in [4.69, 9.17) is 4.42 Å². The number of fused-ring (bicyclic) bond motifs is 1. The lowest BCUT2D eigenvalue weighted by Gasteiger charge is -2.20. The van der Waals surface area contributed by atoms with Gasteiger partial charge in [0.15, 0.2) is 0 Å². The standard InChI is InChI=1S/C23H23N3O2/c1-16-8-11-20(28-16)15-21-23(27)26(13-12-25(2)3)22(24-21)19-10-9-17-6-4-5-7-18(17)14-19/h4-11,14-15H,12-13H2,1-3H3/b21-15+. The minimum Gasteiger partial charge on any atom is -0.462 e. The van der Waals surface area contributed by atoms with Crippen LogP contribution in [0.5, 0.6) is 0 Å². The summed E-state index contributed by atoms with van der Waals surface area (Å²) in [6.45, 7) is 3.21. The van der Waals surface area contributed by atoms with Crippen LogP contribution in [0.2, 0.25) is 0 Å². The van der Waals surface area contributed by atoms with E-state index >= 15 is 0 Å². The number of amides is 1. The first-order valence-corrected chi connectivity index (χ1v) is 9.34. The topological polar surface area (TPSA) is 49.0 Å². The van der Waals surface area contributed by atoms with Crippen LogP contribution in [0, 0.1) is 6.92 Å². The van der Waals surface area contributed by atoms with Gasteiger partial charge in [-0.2, -0.15) is 0 Å². The number of rotatable bonds is 5. The molecule has 1 aliphatic rings. The van der Waals surface area contributed by atoms with Crippen LogP contribution in [0.25, 0.3) is 16.8 Å². The smallest absolute Gasteiger partial charge is 0.278 e. The second kappa shape index (κ2) is 7.44. The van der Waals surface area contributed by atoms with Gasteiger partial charge in [0.05, 0.1) is 0 Å². The minimum absolute atomic E-state index is 0.0981. The first-order chi connectivity index (χ1) is 13.5. The van der Waals surface area contributed by atoms with Crippen LogP contribution in [0.1, 0.15) is 17.1 Å². The Morgan fingerprint density at radius 1 is 1.07 bits per heavy atom. The predicted octanol–water partition coefficient (Wildman–Crippen LogP) is 3.93. The maximum absolute atomic E-state index is 13.1. The van der Waals surface area contributed by atoms with Crippen molar-refractivity contribution in [1.82, 2.24) is 9.80 Å². The Bertz CT molecular complexity index is 1090. The van der Waals surface area contributed by atoms with Crippen LogP contribution < -0.4 is 0 Å². The number of carbonyl (C=O) groups excluding carboxylic acids is 1. The molecule has 5 heteroatoms. The number of furan rings is 1. The second-order valence-electron chi connectivity index (χ2n) is 7.24. The third-order valence-electron chi connectivity index (χ3n) is 4.76. The van der Waals surface area contributed by atoms with E-state index in [1.165, 1.54) is 0 Å². The van der Waals surface area contributed by atoms with Gasteiger partial charge < -0.3 is 9.32 Å². The molecule has 1 aliphatic heterocycles. The van der Waals surface area contributed by atoms with Gasteiger partial charge in [0, 0.05) is 24.7 Å². The fraction of sp³-hybridized carbons (Fsp3) is 0.217. The summed E-state index contributed by atoms with van der Waals surface area (Å²) in [7, 11) is 3.99. The zero-order valence-corrected chi connectivity index (χ0v) is 16.3. The lowest BCUT2D eigenvalue weighted by molar-refractivity contribution is -0.122. The first kappa shape index (κ1) is 18.2. The van der Waals surface area contributed by atoms with Gasteiger partial charge in [0.25, 0.3) is 5.91 Å². The lowest BCUT2D eigenvalue weighted by atomic mass is 10.1. The fourth-order valence-corrected chi connectivity index (χ4v) is 3.27. The predicted molar refractivity (Wildman–Crippen MR) is 112 cm³/mol. The molecule has 0 N–H and O–H groups in total. The number of hydrogen-bond acceptors (Lipinski definition) is 4. The molecule has 0 saturated heterocycles. The molecule has 28 heavy (non-hydrogen) atoms. The van der Waals surface area contributed by atoms with Gasteiger partial charge in [-0.1, -0.05) is 36.4 Å². The average molecular weight is 373 g/mol. The molecule has 2 aromatic carbocycles. The van der Waals surface area contributed by atoms with Crippen LogP contribution in [-0.2, 0) is 4.79 Å². The van der Waals surface area contributed by atoms with Gasteiger partial charge in [0.2, 0.25) is 0 Å². The molecule has 142 valence electrons. The Balaban J connectivity index is 1.75. The van der Waals surface area contributed by atoms with E-state index in [9.17, 15) is 4.79 Å². The highest BCUT2D eigenvalue weighted by molar-refractivity contribution is 6.20. The highest BCUT2D eigenvalue weighted by Gasteiger charge is 2.31. The van der Waals surface area contributed by atoms with Crippen molar-refractivity contribution < 1.29 is 9.21 Å². The molecule has 5 nitrogen and oxygen atoms in total. The highest BCUT2D eigenvalue weighted by atomic mass is 16.3. The van der Waals surface area contributed by atoms with Gasteiger partial charge in [-0.15, -0.1) is 0 Å². The number of nitrogens with zero attached hydrogens (tertiary/aromatic N) is 3. The SMILES string of the molecule is Cc1ccc(/C=C2/N=C(c3ccc4ccccc4c3)N(CCN(C)C)C2=O)o1. The molecule has 3 aromatic rings. The Morgan fingerprint density at radius 2 is 1.86 bits per heavy atom. The van der Waals surface area contributed by atoms with Crippen molar-refractivity contribution >= 4 is 28.6 Å². The lowest BCUT2D eigenvalue weighted by Crippen LogP contribution is -2.38. The van der Waals surface area contributed by atoms with E-state index in [-0.39, 0.29) is 5.91 Å².